The zero-order chi connectivity index (χ0) is 11.3. The van der Waals surface area contributed by atoms with Gasteiger partial charge in [0, 0.05) is 6.42 Å². The zero-order valence-electron chi connectivity index (χ0n) is 8.13. The predicted molar refractivity (Wildman–Crippen MR) is 58.5 cm³/mol. The average Bonchev–Trinajstić information content (AvgIpc) is 2.17. The quantitative estimate of drug-likeness (QED) is 0.726. The van der Waals surface area contributed by atoms with Crippen LogP contribution in [-0.2, 0) is 22.3 Å². The molecule has 0 saturated carbocycles. The molecule has 1 amide bonds. The lowest BCUT2D eigenvalue weighted by Gasteiger charge is -2.10. The molecule has 2 atom stereocenters. The normalized spacial score (nSPS) is 14.5. The summed E-state index contributed by atoms with van der Waals surface area (Å²) in [7, 11) is 0. The summed E-state index contributed by atoms with van der Waals surface area (Å²) in [5, 5.41) is -0.620. The number of primary amides is 1. The van der Waals surface area contributed by atoms with Gasteiger partial charge in [-0.1, -0.05) is 30.3 Å². The van der Waals surface area contributed by atoms with Gasteiger partial charge in [-0.3, -0.25) is 4.79 Å². The van der Waals surface area contributed by atoms with Crippen LogP contribution < -0.4 is 5.73 Å². The van der Waals surface area contributed by atoms with Crippen LogP contribution in [-0.4, -0.2) is 19.9 Å². The molecule has 4 nitrogen and oxygen atoms in total. The monoisotopic (exact) mass is 227 g/mol. The smallest absolute Gasteiger partial charge is 0.218 e. The molecule has 0 aromatic heterocycles. The molecule has 0 saturated heterocycles. The van der Waals surface area contributed by atoms with Gasteiger partial charge >= 0.3 is 0 Å². The van der Waals surface area contributed by atoms with Gasteiger partial charge in [-0.2, -0.15) is 0 Å². The SMILES string of the molecule is NC(=O)CC(Cc1ccccc1)S(=O)O. The fourth-order valence-electron chi connectivity index (χ4n) is 1.32. The molecule has 2 unspecified atom stereocenters. The first-order chi connectivity index (χ1) is 7.09. The molecule has 0 fully saturated rings. The third kappa shape index (κ3) is 4.22. The second-order valence-electron chi connectivity index (χ2n) is 3.26. The summed E-state index contributed by atoms with van der Waals surface area (Å²) in [6.07, 6.45) is 0.310. The molecule has 82 valence electrons. The summed E-state index contributed by atoms with van der Waals surface area (Å²) in [5.41, 5.74) is 5.92. The van der Waals surface area contributed by atoms with E-state index >= 15 is 0 Å². The first-order valence-electron chi connectivity index (χ1n) is 4.51. The molecule has 0 aliphatic rings. The summed E-state index contributed by atoms with van der Waals surface area (Å²) in [5.74, 6) is -0.557. The second-order valence-corrected chi connectivity index (χ2v) is 4.48. The first kappa shape index (κ1) is 11.9. The van der Waals surface area contributed by atoms with E-state index in [9.17, 15) is 9.00 Å². The van der Waals surface area contributed by atoms with Crippen molar-refractivity contribution in [1.82, 2.24) is 0 Å². The van der Waals surface area contributed by atoms with E-state index in [0.29, 0.717) is 6.42 Å². The van der Waals surface area contributed by atoms with Crippen molar-refractivity contribution in [3.63, 3.8) is 0 Å². The van der Waals surface area contributed by atoms with Crippen LogP contribution in [0.1, 0.15) is 12.0 Å². The van der Waals surface area contributed by atoms with E-state index in [-0.39, 0.29) is 6.42 Å². The summed E-state index contributed by atoms with van der Waals surface area (Å²) in [6.45, 7) is 0. The second kappa shape index (κ2) is 5.63. The maximum absolute atomic E-state index is 10.9. The molecule has 0 bridgehead atoms. The molecule has 5 heteroatoms. The molecule has 0 radical (unpaired) electrons. The third-order valence-electron chi connectivity index (χ3n) is 2.02. The summed E-state index contributed by atoms with van der Waals surface area (Å²) in [4.78, 5) is 10.7. The number of benzene rings is 1. The fraction of sp³-hybridized carbons (Fsp3) is 0.300. The van der Waals surface area contributed by atoms with Crippen molar-refractivity contribution >= 4 is 17.0 Å². The van der Waals surface area contributed by atoms with Gasteiger partial charge in [0.15, 0.2) is 11.1 Å². The topological polar surface area (TPSA) is 80.4 Å². The Labute approximate surface area is 90.8 Å². The molecular formula is C10H13NO3S. The van der Waals surface area contributed by atoms with Crippen molar-refractivity contribution < 1.29 is 13.6 Å². The number of rotatable bonds is 5. The van der Waals surface area contributed by atoms with Crippen molar-refractivity contribution in [3.05, 3.63) is 35.9 Å². The van der Waals surface area contributed by atoms with E-state index in [1.807, 2.05) is 30.3 Å². The van der Waals surface area contributed by atoms with Crippen molar-refractivity contribution in [2.24, 2.45) is 5.73 Å². The highest BCUT2D eigenvalue weighted by Gasteiger charge is 2.18. The molecule has 0 heterocycles. The molecule has 0 aliphatic carbocycles. The minimum Gasteiger partial charge on any atom is -0.370 e. The lowest BCUT2D eigenvalue weighted by atomic mass is 10.1. The average molecular weight is 227 g/mol. The van der Waals surface area contributed by atoms with E-state index in [1.165, 1.54) is 0 Å². The largest absolute Gasteiger partial charge is 0.370 e. The Balaban J connectivity index is 2.67. The van der Waals surface area contributed by atoms with Crippen LogP contribution in [0.3, 0.4) is 0 Å². The Morgan fingerprint density at radius 1 is 1.40 bits per heavy atom. The fourth-order valence-corrected chi connectivity index (χ4v) is 1.96. The highest BCUT2D eigenvalue weighted by molar-refractivity contribution is 7.79. The van der Waals surface area contributed by atoms with Gasteiger partial charge in [-0.25, -0.2) is 4.21 Å². The van der Waals surface area contributed by atoms with Crippen LogP contribution in [0.2, 0.25) is 0 Å². The summed E-state index contributed by atoms with van der Waals surface area (Å²) >= 11 is -2.03. The van der Waals surface area contributed by atoms with E-state index in [4.69, 9.17) is 10.3 Å². The first-order valence-corrected chi connectivity index (χ1v) is 5.68. The highest BCUT2D eigenvalue weighted by Crippen LogP contribution is 2.09. The number of nitrogens with two attached hydrogens (primary N) is 1. The molecule has 0 aliphatic heterocycles. The Morgan fingerprint density at radius 2 is 2.00 bits per heavy atom. The summed E-state index contributed by atoms with van der Waals surface area (Å²) in [6, 6.07) is 9.25. The minimum atomic E-state index is -2.03. The summed E-state index contributed by atoms with van der Waals surface area (Å²) < 4.78 is 19.9. The van der Waals surface area contributed by atoms with Gasteiger partial charge in [0.2, 0.25) is 5.91 Å². The van der Waals surface area contributed by atoms with Crippen LogP contribution >= 0.6 is 0 Å². The number of hydrogen-bond donors (Lipinski definition) is 2. The minimum absolute atomic E-state index is 0.0714. The third-order valence-corrected chi connectivity index (χ3v) is 2.92. The maximum Gasteiger partial charge on any atom is 0.218 e. The maximum atomic E-state index is 10.9. The van der Waals surface area contributed by atoms with E-state index < -0.39 is 22.2 Å². The van der Waals surface area contributed by atoms with Crippen molar-refractivity contribution in [2.75, 3.05) is 0 Å². The Kier molecular flexibility index (Phi) is 4.45. The van der Waals surface area contributed by atoms with Gasteiger partial charge in [0.25, 0.3) is 0 Å². The molecule has 15 heavy (non-hydrogen) atoms. The van der Waals surface area contributed by atoms with Gasteiger partial charge in [-0.05, 0) is 12.0 Å². The van der Waals surface area contributed by atoms with Crippen molar-refractivity contribution in [1.29, 1.82) is 0 Å². The lowest BCUT2D eigenvalue weighted by Crippen LogP contribution is -2.25. The number of carbonyl (C=O) groups excluding carboxylic acids is 1. The Hall–Kier alpha value is -1.20. The van der Waals surface area contributed by atoms with E-state index in [0.717, 1.165) is 5.56 Å². The molecule has 1 aromatic rings. The Bertz CT molecular complexity index is 353. The van der Waals surface area contributed by atoms with Crippen LogP contribution in [0.25, 0.3) is 0 Å². The van der Waals surface area contributed by atoms with Crippen LogP contribution in [0.15, 0.2) is 30.3 Å². The molecule has 1 rings (SSSR count). The Morgan fingerprint density at radius 3 is 2.47 bits per heavy atom. The van der Waals surface area contributed by atoms with E-state index in [2.05, 4.69) is 0 Å². The molecular weight excluding hydrogens is 214 g/mol. The van der Waals surface area contributed by atoms with Gasteiger partial charge in [-0.15, -0.1) is 0 Å². The van der Waals surface area contributed by atoms with Crippen molar-refractivity contribution in [2.45, 2.75) is 18.1 Å². The zero-order valence-corrected chi connectivity index (χ0v) is 8.94. The molecule has 3 N–H and O–H groups in total. The molecule has 1 aromatic carbocycles. The van der Waals surface area contributed by atoms with Crippen LogP contribution in [0.5, 0.6) is 0 Å². The lowest BCUT2D eigenvalue weighted by molar-refractivity contribution is -0.118. The van der Waals surface area contributed by atoms with Gasteiger partial charge in [0.05, 0.1) is 5.25 Å². The predicted octanol–water partition coefficient (Wildman–Crippen LogP) is 0.695. The van der Waals surface area contributed by atoms with Crippen LogP contribution in [0, 0.1) is 0 Å². The number of hydrogen-bond acceptors (Lipinski definition) is 2. The van der Waals surface area contributed by atoms with Gasteiger partial charge in [0.1, 0.15) is 0 Å². The van der Waals surface area contributed by atoms with Crippen molar-refractivity contribution in [3.8, 4) is 0 Å². The van der Waals surface area contributed by atoms with Crippen LogP contribution in [0.4, 0.5) is 0 Å². The standard InChI is InChI=1S/C10H13NO3S/c11-10(12)7-9(15(13)14)6-8-4-2-1-3-5-8/h1-5,9H,6-7H2,(H2,11,12)(H,13,14). The van der Waals surface area contributed by atoms with Gasteiger partial charge < -0.3 is 10.3 Å². The highest BCUT2D eigenvalue weighted by atomic mass is 32.2. The number of carbonyl (C=O) groups is 1. The number of amides is 1. The molecule has 0 spiro atoms. The van der Waals surface area contributed by atoms with E-state index in [1.54, 1.807) is 0 Å².